The van der Waals surface area contributed by atoms with Crippen LogP contribution in [0.5, 0.6) is 11.5 Å². The molecule has 2 N–H and O–H groups in total. The average molecular weight is 362 g/mol. The number of tetrazole rings is 1. The molecule has 0 spiro atoms. The normalized spacial score (nSPS) is 10.5. The molecule has 0 aliphatic carbocycles. The van der Waals surface area contributed by atoms with E-state index in [0.29, 0.717) is 29.4 Å². The summed E-state index contributed by atoms with van der Waals surface area (Å²) in [7, 11) is 3.07. The minimum absolute atomic E-state index is 0.227. The lowest BCUT2D eigenvalue weighted by atomic mass is 10.2. The summed E-state index contributed by atoms with van der Waals surface area (Å²) in [6.07, 6.45) is 0. The Morgan fingerprint density at radius 3 is 2.58 bits per heavy atom. The van der Waals surface area contributed by atoms with Crippen LogP contribution in [0.2, 0.25) is 0 Å². The first-order valence-electron chi connectivity index (χ1n) is 8.00. The van der Waals surface area contributed by atoms with Crippen molar-refractivity contribution in [3.63, 3.8) is 0 Å². The highest BCUT2D eigenvalue weighted by molar-refractivity contribution is 5.94. The van der Waals surface area contributed by atoms with Gasteiger partial charge in [0.1, 0.15) is 6.54 Å². The van der Waals surface area contributed by atoms with Gasteiger partial charge in [-0.1, -0.05) is 13.8 Å². The van der Waals surface area contributed by atoms with Crippen LogP contribution in [0.15, 0.2) is 18.2 Å². The fourth-order valence-electron chi connectivity index (χ4n) is 2.04. The quantitative estimate of drug-likeness (QED) is 0.749. The van der Waals surface area contributed by atoms with Crippen molar-refractivity contribution < 1.29 is 19.1 Å². The molecule has 2 aromatic rings. The molecule has 140 valence electrons. The van der Waals surface area contributed by atoms with Gasteiger partial charge in [0.25, 0.3) is 5.91 Å². The molecule has 0 radical (unpaired) electrons. The van der Waals surface area contributed by atoms with Crippen molar-refractivity contribution >= 4 is 11.9 Å². The molecule has 0 aliphatic heterocycles. The molecule has 0 aliphatic rings. The van der Waals surface area contributed by atoms with Crippen LogP contribution in [0.1, 0.15) is 13.8 Å². The zero-order valence-corrected chi connectivity index (χ0v) is 15.1. The molecular weight excluding hydrogens is 340 g/mol. The second kappa shape index (κ2) is 8.79. The predicted molar refractivity (Wildman–Crippen MR) is 92.7 cm³/mol. The van der Waals surface area contributed by atoms with Crippen molar-refractivity contribution in [3.8, 4) is 22.9 Å². The van der Waals surface area contributed by atoms with E-state index in [2.05, 4.69) is 26.0 Å². The zero-order valence-electron chi connectivity index (χ0n) is 15.1. The largest absolute Gasteiger partial charge is 0.493 e. The third kappa shape index (κ3) is 5.16. The van der Waals surface area contributed by atoms with Crippen LogP contribution in [0.3, 0.4) is 0 Å². The number of carbonyl (C=O) groups is 2. The van der Waals surface area contributed by atoms with E-state index in [1.54, 1.807) is 25.3 Å². The van der Waals surface area contributed by atoms with Crippen molar-refractivity contribution in [3.05, 3.63) is 18.2 Å². The number of urea groups is 1. The van der Waals surface area contributed by atoms with E-state index >= 15 is 0 Å². The van der Waals surface area contributed by atoms with Crippen LogP contribution >= 0.6 is 0 Å². The standard InChI is InChI=1S/C16H22N6O4/c1-10(2)8-17-16(24)18-14(23)9-22-20-15(19-21-22)11-5-6-12(25-3)13(7-11)26-4/h5-7,10H,8-9H2,1-4H3,(H2,17,18,23,24). The summed E-state index contributed by atoms with van der Waals surface area (Å²) >= 11 is 0. The second-order valence-corrected chi connectivity index (χ2v) is 5.87. The Bertz CT molecular complexity index is 774. The van der Waals surface area contributed by atoms with Crippen molar-refractivity contribution in [2.45, 2.75) is 20.4 Å². The van der Waals surface area contributed by atoms with Crippen molar-refractivity contribution in [1.82, 2.24) is 30.8 Å². The van der Waals surface area contributed by atoms with E-state index in [9.17, 15) is 9.59 Å². The Morgan fingerprint density at radius 2 is 1.92 bits per heavy atom. The molecule has 0 saturated heterocycles. The number of aromatic nitrogens is 4. The Balaban J connectivity index is 1.99. The molecule has 0 fully saturated rings. The van der Waals surface area contributed by atoms with Crippen molar-refractivity contribution in [2.24, 2.45) is 5.92 Å². The Kier molecular flexibility index (Phi) is 6.48. The molecule has 0 atom stereocenters. The van der Waals surface area contributed by atoms with E-state index in [1.807, 2.05) is 13.8 Å². The number of nitrogens with zero attached hydrogens (tertiary/aromatic N) is 4. The van der Waals surface area contributed by atoms with E-state index < -0.39 is 11.9 Å². The zero-order chi connectivity index (χ0) is 19.1. The lowest BCUT2D eigenvalue weighted by Crippen LogP contribution is -2.42. The number of imide groups is 1. The van der Waals surface area contributed by atoms with Gasteiger partial charge in [-0.2, -0.15) is 4.80 Å². The molecule has 1 heterocycles. The van der Waals surface area contributed by atoms with Gasteiger partial charge in [-0.3, -0.25) is 10.1 Å². The maximum Gasteiger partial charge on any atom is 0.321 e. The summed E-state index contributed by atoms with van der Waals surface area (Å²) < 4.78 is 10.4. The summed E-state index contributed by atoms with van der Waals surface area (Å²) in [5.41, 5.74) is 0.656. The van der Waals surface area contributed by atoms with E-state index in [4.69, 9.17) is 9.47 Å². The number of methoxy groups -OCH3 is 2. The van der Waals surface area contributed by atoms with Crippen LogP contribution in [-0.2, 0) is 11.3 Å². The summed E-state index contributed by atoms with van der Waals surface area (Å²) in [5, 5.41) is 16.7. The Morgan fingerprint density at radius 1 is 1.19 bits per heavy atom. The first kappa shape index (κ1) is 19.2. The molecule has 26 heavy (non-hydrogen) atoms. The smallest absolute Gasteiger partial charge is 0.321 e. The number of benzene rings is 1. The number of rotatable bonds is 7. The molecule has 0 unspecified atom stereocenters. The highest BCUT2D eigenvalue weighted by Gasteiger charge is 2.13. The van der Waals surface area contributed by atoms with Crippen molar-refractivity contribution in [1.29, 1.82) is 0 Å². The van der Waals surface area contributed by atoms with Gasteiger partial charge < -0.3 is 14.8 Å². The average Bonchev–Trinajstić information content (AvgIpc) is 3.07. The minimum Gasteiger partial charge on any atom is -0.493 e. The number of amides is 3. The monoisotopic (exact) mass is 362 g/mol. The summed E-state index contributed by atoms with van der Waals surface area (Å²) in [6, 6.07) is 4.63. The number of hydrogen-bond acceptors (Lipinski definition) is 7. The maximum absolute atomic E-state index is 11.9. The molecule has 10 nitrogen and oxygen atoms in total. The molecule has 0 saturated carbocycles. The lowest BCUT2D eigenvalue weighted by Gasteiger charge is -2.08. The van der Waals surface area contributed by atoms with Gasteiger partial charge in [-0.25, -0.2) is 4.79 Å². The van der Waals surface area contributed by atoms with Gasteiger partial charge in [0.15, 0.2) is 11.5 Å². The number of hydrogen-bond donors (Lipinski definition) is 2. The SMILES string of the molecule is COc1ccc(-c2nnn(CC(=O)NC(=O)NCC(C)C)n2)cc1OC. The molecular formula is C16H22N6O4. The molecule has 1 aromatic carbocycles. The van der Waals surface area contributed by atoms with Gasteiger partial charge >= 0.3 is 6.03 Å². The number of nitrogens with one attached hydrogen (secondary N) is 2. The van der Waals surface area contributed by atoms with Gasteiger partial charge in [0.05, 0.1) is 14.2 Å². The Labute approximate surface area is 150 Å². The van der Waals surface area contributed by atoms with Crippen molar-refractivity contribution in [2.75, 3.05) is 20.8 Å². The van der Waals surface area contributed by atoms with Crippen LogP contribution in [-0.4, -0.2) is 52.9 Å². The minimum atomic E-state index is -0.552. The molecule has 3 amide bonds. The van der Waals surface area contributed by atoms with Gasteiger partial charge in [0, 0.05) is 12.1 Å². The van der Waals surface area contributed by atoms with E-state index in [-0.39, 0.29) is 12.5 Å². The van der Waals surface area contributed by atoms with Crippen LogP contribution in [0.25, 0.3) is 11.4 Å². The highest BCUT2D eigenvalue weighted by atomic mass is 16.5. The highest BCUT2D eigenvalue weighted by Crippen LogP contribution is 2.30. The van der Waals surface area contributed by atoms with Gasteiger partial charge in [-0.15, -0.1) is 10.2 Å². The molecule has 0 bridgehead atoms. The first-order chi connectivity index (χ1) is 12.4. The van der Waals surface area contributed by atoms with Crippen LogP contribution < -0.4 is 20.1 Å². The third-order valence-corrected chi connectivity index (χ3v) is 3.30. The van der Waals surface area contributed by atoms with E-state index in [1.165, 1.54) is 7.11 Å². The van der Waals surface area contributed by atoms with Crippen LogP contribution in [0.4, 0.5) is 4.79 Å². The van der Waals surface area contributed by atoms with Gasteiger partial charge in [-0.05, 0) is 29.3 Å². The molecule has 1 aromatic heterocycles. The third-order valence-electron chi connectivity index (χ3n) is 3.30. The summed E-state index contributed by atoms with van der Waals surface area (Å²) in [4.78, 5) is 24.5. The van der Waals surface area contributed by atoms with Crippen LogP contribution in [0, 0.1) is 5.92 Å². The van der Waals surface area contributed by atoms with Gasteiger partial charge in [0.2, 0.25) is 5.82 Å². The molecule has 10 heteroatoms. The fourth-order valence-corrected chi connectivity index (χ4v) is 2.04. The first-order valence-corrected chi connectivity index (χ1v) is 8.00. The fraction of sp³-hybridized carbons (Fsp3) is 0.438. The topological polar surface area (TPSA) is 120 Å². The lowest BCUT2D eigenvalue weighted by molar-refractivity contribution is -0.121. The molecule has 2 rings (SSSR count). The summed E-state index contributed by atoms with van der Waals surface area (Å²) in [5.74, 6) is 1.18. The summed E-state index contributed by atoms with van der Waals surface area (Å²) in [6.45, 7) is 4.16. The number of ether oxygens (including phenoxy) is 2. The second-order valence-electron chi connectivity index (χ2n) is 5.87. The van der Waals surface area contributed by atoms with E-state index in [0.717, 1.165) is 4.80 Å². The maximum atomic E-state index is 11.9. The Hall–Kier alpha value is -3.17. The number of carbonyl (C=O) groups excluding carboxylic acids is 2. The predicted octanol–water partition coefficient (Wildman–Crippen LogP) is 0.839.